The number of hydrogen-bond donors (Lipinski definition) is 2. The van der Waals surface area contributed by atoms with Gasteiger partial charge in [-0.15, -0.1) is 0 Å². The van der Waals surface area contributed by atoms with E-state index in [9.17, 15) is 0 Å². The highest BCUT2D eigenvalue weighted by Crippen LogP contribution is 2.19. The van der Waals surface area contributed by atoms with Gasteiger partial charge in [0.2, 0.25) is 0 Å². The third-order valence-electron chi connectivity index (χ3n) is 4.25. The quantitative estimate of drug-likeness (QED) is 0.373. The summed E-state index contributed by atoms with van der Waals surface area (Å²) in [5, 5.41) is 3.24. The van der Waals surface area contributed by atoms with Gasteiger partial charge < -0.3 is 11.1 Å². The van der Waals surface area contributed by atoms with Crippen molar-refractivity contribution in [3.63, 3.8) is 0 Å². The number of allylic oxidation sites excluding steroid dienone is 3. The van der Waals surface area contributed by atoms with Crippen molar-refractivity contribution in [2.75, 3.05) is 13.1 Å². The summed E-state index contributed by atoms with van der Waals surface area (Å²) < 4.78 is 0. The molecule has 1 aliphatic rings. The highest BCUT2D eigenvalue weighted by molar-refractivity contribution is 5.77. The molecule has 0 aliphatic heterocycles. The number of nitrogens with two attached hydrogens (primary N) is 1. The van der Waals surface area contributed by atoms with E-state index in [0.717, 1.165) is 25.9 Å². The van der Waals surface area contributed by atoms with E-state index in [-0.39, 0.29) is 0 Å². The van der Waals surface area contributed by atoms with Gasteiger partial charge in [-0.1, -0.05) is 30.2 Å². The van der Waals surface area contributed by atoms with Gasteiger partial charge in [-0.3, -0.25) is 4.99 Å². The second-order valence-electron chi connectivity index (χ2n) is 6.80. The van der Waals surface area contributed by atoms with Crippen LogP contribution in [0.4, 0.5) is 0 Å². The molecule has 126 valence electrons. The minimum absolute atomic E-state index is 0.605. The molecule has 0 spiro atoms. The largest absolute Gasteiger partial charge is 0.370 e. The van der Waals surface area contributed by atoms with Gasteiger partial charge >= 0.3 is 0 Å². The van der Waals surface area contributed by atoms with Crippen molar-refractivity contribution in [3.05, 3.63) is 23.3 Å². The summed E-state index contributed by atoms with van der Waals surface area (Å²) in [5.41, 5.74) is 8.92. The Morgan fingerprint density at radius 1 is 1.36 bits per heavy atom. The first-order valence-corrected chi connectivity index (χ1v) is 8.93. The molecule has 0 bridgehead atoms. The van der Waals surface area contributed by atoms with Crippen molar-refractivity contribution >= 4 is 5.96 Å². The highest BCUT2D eigenvalue weighted by Gasteiger charge is 2.03. The van der Waals surface area contributed by atoms with Crippen molar-refractivity contribution in [2.24, 2.45) is 16.6 Å². The maximum atomic E-state index is 5.93. The number of guanidine groups is 1. The molecular weight excluding hydrogens is 270 g/mol. The first kappa shape index (κ1) is 18.8. The van der Waals surface area contributed by atoms with E-state index in [4.69, 9.17) is 5.73 Å². The van der Waals surface area contributed by atoms with Gasteiger partial charge in [-0.25, -0.2) is 0 Å². The van der Waals surface area contributed by atoms with Crippen LogP contribution in [0.2, 0.25) is 0 Å². The van der Waals surface area contributed by atoms with E-state index < -0.39 is 0 Å². The maximum Gasteiger partial charge on any atom is 0.188 e. The van der Waals surface area contributed by atoms with Crippen molar-refractivity contribution in [1.82, 2.24) is 5.32 Å². The molecule has 0 aromatic heterocycles. The predicted molar refractivity (Wildman–Crippen MR) is 98.1 cm³/mol. The van der Waals surface area contributed by atoms with Crippen molar-refractivity contribution in [2.45, 2.75) is 72.1 Å². The Hall–Kier alpha value is -1.25. The Kier molecular flexibility index (Phi) is 9.69. The molecule has 0 heterocycles. The van der Waals surface area contributed by atoms with E-state index >= 15 is 0 Å². The molecule has 0 aromatic carbocycles. The normalized spacial score (nSPS) is 16.9. The van der Waals surface area contributed by atoms with Gasteiger partial charge in [0.25, 0.3) is 0 Å². The number of rotatable bonds is 9. The summed E-state index contributed by atoms with van der Waals surface area (Å²) in [6, 6.07) is 0. The molecular formula is C19H35N3. The second-order valence-corrected chi connectivity index (χ2v) is 6.80. The van der Waals surface area contributed by atoms with Crippen LogP contribution in [0.15, 0.2) is 28.3 Å². The molecule has 1 atom stereocenters. The second kappa shape index (κ2) is 11.3. The SMILES string of the molecule is CC(C)=CCCC(C)CCN=C(N)NCCC1=CCCCC1. The summed E-state index contributed by atoms with van der Waals surface area (Å²) >= 11 is 0. The predicted octanol–water partition coefficient (Wildman–Crippen LogP) is 4.55. The van der Waals surface area contributed by atoms with E-state index in [0.29, 0.717) is 11.9 Å². The first-order valence-electron chi connectivity index (χ1n) is 8.93. The lowest BCUT2D eigenvalue weighted by molar-refractivity contribution is 0.504. The van der Waals surface area contributed by atoms with Gasteiger partial charge in [0, 0.05) is 13.1 Å². The number of nitrogens with zero attached hydrogens (tertiary/aromatic N) is 1. The fraction of sp³-hybridized carbons (Fsp3) is 0.737. The average Bonchev–Trinajstić information content (AvgIpc) is 2.48. The van der Waals surface area contributed by atoms with Crippen molar-refractivity contribution in [1.29, 1.82) is 0 Å². The van der Waals surface area contributed by atoms with Crippen LogP contribution >= 0.6 is 0 Å². The van der Waals surface area contributed by atoms with Gasteiger partial charge in [0.1, 0.15) is 0 Å². The fourth-order valence-corrected chi connectivity index (χ4v) is 2.74. The van der Waals surface area contributed by atoms with Crippen molar-refractivity contribution < 1.29 is 0 Å². The van der Waals surface area contributed by atoms with Crippen LogP contribution < -0.4 is 11.1 Å². The minimum atomic E-state index is 0.605. The first-order chi connectivity index (χ1) is 10.6. The van der Waals surface area contributed by atoms with Gasteiger partial charge in [0.05, 0.1) is 0 Å². The lowest BCUT2D eigenvalue weighted by Gasteiger charge is -2.13. The molecule has 0 radical (unpaired) electrons. The van der Waals surface area contributed by atoms with E-state index in [2.05, 4.69) is 43.2 Å². The van der Waals surface area contributed by atoms with Crippen LogP contribution in [0.1, 0.15) is 72.1 Å². The van der Waals surface area contributed by atoms with Crippen LogP contribution in [0.25, 0.3) is 0 Å². The number of hydrogen-bond acceptors (Lipinski definition) is 1. The average molecular weight is 306 g/mol. The van der Waals surface area contributed by atoms with Crippen LogP contribution in [-0.2, 0) is 0 Å². The van der Waals surface area contributed by atoms with E-state index in [1.165, 1.54) is 44.1 Å². The molecule has 0 saturated carbocycles. The third-order valence-corrected chi connectivity index (χ3v) is 4.25. The Bertz CT molecular complexity index is 389. The standard InChI is InChI=1S/C19H35N3/c1-16(2)8-7-9-17(3)12-14-21-19(20)22-15-13-18-10-5-4-6-11-18/h8,10,17H,4-7,9,11-15H2,1-3H3,(H3,20,21,22). The maximum absolute atomic E-state index is 5.93. The molecule has 3 nitrogen and oxygen atoms in total. The molecule has 1 unspecified atom stereocenters. The van der Waals surface area contributed by atoms with Crippen LogP contribution in [0, 0.1) is 5.92 Å². The number of aliphatic imine (C=N–C) groups is 1. The Balaban J connectivity index is 2.09. The van der Waals surface area contributed by atoms with Gasteiger partial charge in [0.15, 0.2) is 5.96 Å². The molecule has 0 aromatic rings. The van der Waals surface area contributed by atoms with E-state index in [1.54, 1.807) is 5.57 Å². The summed E-state index contributed by atoms with van der Waals surface area (Å²) in [4.78, 5) is 4.44. The minimum Gasteiger partial charge on any atom is -0.370 e. The van der Waals surface area contributed by atoms with Crippen molar-refractivity contribution in [3.8, 4) is 0 Å². The topological polar surface area (TPSA) is 50.4 Å². The molecule has 3 heteroatoms. The highest BCUT2D eigenvalue weighted by atomic mass is 15.1. The molecule has 1 rings (SSSR count). The molecule has 3 N–H and O–H groups in total. The molecule has 1 aliphatic carbocycles. The zero-order valence-electron chi connectivity index (χ0n) is 14.8. The van der Waals surface area contributed by atoms with Crippen LogP contribution in [0.3, 0.4) is 0 Å². The van der Waals surface area contributed by atoms with Crippen LogP contribution in [0.5, 0.6) is 0 Å². The zero-order chi connectivity index (χ0) is 16.2. The molecule has 0 amide bonds. The van der Waals surface area contributed by atoms with Gasteiger partial charge in [-0.05, 0) is 71.1 Å². The lowest BCUT2D eigenvalue weighted by Crippen LogP contribution is -2.32. The smallest absolute Gasteiger partial charge is 0.188 e. The third kappa shape index (κ3) is 9.64. The lowest BCUT2D eigenvalue weighted by atomic mass is 9.97. The zero-order valence-corrected chi connectivity index (χ0v) is 14.8. The monoisotopic (exact) mass is 305 g/mol. The van der Waals surface area contributed by atoms with E-state index in [1.807, 2.05) is 0 Å². The summed E-state index contributed by atoms with van der Waals surface area (Å²) in [5.74, 6) is 1.31. The number of nitrogens with one attached hydrogen (secondary N) is 1. The summed E-state index contributed by atoms with van der Waals surface area (Å²) in [7, 11) is 0. The Morgan fingerprint density at radius 3 is 2.86 bits per heavy atom. The Morgan fingerprint density at radius 2 is 2.18 bits per heavy atom. The fourth-order valence-electron chi connectivity index (χ4n) is 2.74. The summed E-state index contributed by atoms with van der Waals surface area (Å²) in [6.07, 6.45) is 14.6. The summed E-state index contributed by atoms with van der Waals surface area (Å²) in [6.45, 7) is 8.36. The molecule has 22 heavy (non-hydrogen) atoms. The van der Waals surface area contributed by atoms with Crippen LogP contribution in [-0.4, -0.2) is 19.0 Å². The van der Waals surface area contributed by atoms with Gasteiger partial charge in [-0.2, -0.15) is 0 Å². The Labute approximate surface area is 137 Å². The molecule has 0 saturated heterocycles. The molecule has 0 fully saturated rings.